The van der Waals surface area contributed by atoms with Crippen LogP contribution in [0.1, 0.15) is 58.8 Å². The summed E-state index contributed by atoms with van der Waals surface area (Å²) in [5.41, 5.74) is 0.513. The van der Waals surface area contributed by atoms with E-state index >= 15 is 0 Å². The Hall–Kier alpha value is -0.0800. The van der Waals surface area contributed by atoms with Gasteiger partial charge in [-0.05, 0) is 50.6 Å². The fourth-order valence-electron chi connectivity index (χ4n) is 2.66. The second kappa shape index (κ2) is 8.10. The molecule has 1 rings (SSSR count). The number of hydrogen-bond donors (Lipinski definition) is 1. The molecular formula is C15H31NO. The Balaban J connectivity index is 2.02. The molecule has 1 fully saturated rings. The second-order valence-electron chi connectivity index (χ2n) is 6.32. The number of unbranched alkanes of at least 4 members (excludes halogenated alkanes) is 1. The van der Waals surface area contributed by atoms with E-state index in [1.165, 1.54) is 44.9 Å². The molecule has 0 amide bonds. The van der Waals surface area contributed by atoms with E-state index < -0.39 is 0 Å². The number of ether oxygens (including phenoxy) is 1. The maximum absolute atomic E-state index is 5.40. The number of hydrogen-bond acceptors (Lipinski definition) is 2. The Labute approximate surface area is 108 Å². The molecule has 1 heterocycles. The molecule has 0 aromatic heterocycles. The molecule has 1 saturated heterocycles. The van der Waals surface area contributed by atoms with Gasteiger partial charge in [0, 0.05) is 13.2 Å². The van der Waals surface area contributed by atoms with Gasteiger partial charge in [0.2, 0.25) is 0 Å². The molecular weight excluding hydrogens is 210 g/mol. The summed E-state index contributed by atoms with van der Waals surface area (Å²) in [5, 5.41) is 3.25. The van der Waals surface area contributed by atoms with Crippen molar-refractivity contribution in [2.75, 3.05) is 26.8 Å². The van der Waals surface area contributed by atoms with Gasteiger partial charge in [-0.1, -0.05) is 33.1 Å². The first-order valence-corrected chi connectivity index (χ1v) is 7.36. The monoisotopic (exact) mass is 241 g/mol. The summed E-state index contributed by atoms with van der Waals surface area (Å²) in [6.45, 7) is 7.95. The molecule has 0 aromatic carbocycles. The van der Waals surface area contributed by atoms with Crippen LogP contribution in [0.4, 0.5) is 0 Å². The van der Waals surface area contributed by atoms with Crippen LogP contribution in [0.3, 0.4) is 0 Å². The van der Waals surface area contributed by atoms with Crippen molar-refractivity contribution in [3.8, 4) is 0 Å². The second-order valence-corrected chi connectivity index (χ2v) is 6.32. The molecule has 2 nitrogen and oxygen atoms in total. The van der Waals surface area contributed by atoms with Crippen LogP contribution in [-0.4, -0.2) is 26.8 Å². The molecule has 1 N–H and O–H groups in total. The van der Waals surface area contributed by atoms with Crippen LogP contribution >= 0.6 is 0 Å². The Morgan fingerprint density at radius 2 is 1.82 bits per heavy atom. The SMILES string of the molecule is CNCCC(C)(C)CCCCC1CCOCC1. The van der Waals surface area contributed by atoms with Crippen molar-refractivity contribution in [1.82, 2.24) is 5.32 Å². The van der Waals surface area contributed by atoms with Gasteiger partial charge in [0.05, 0.1) is 0 Å². The van der Waals surface area contributed by atoms with Gasteiger partial charge in [-0.25, -0.2) is 0 Å². The molecule has 1 aliphatic heterocycles. The lowest BCUT2D eigenvalue weighted by Gasteiger charge is -2.25. The van der Waals surface area contributed by atoms with Gasteiger partial charge < -0.3 is 10.1 Å². The summed E-state index contributed by atoms with van der Waals surface area (Å²) in [6, 6.07) is 0. The predicted molar refractivity (Wildman–Crippen MR) is 74.3 cm³/mol. The molecule has 0 spiro atoms. The number of rotatable bonds is 8. The van der Waals surface area contributed by atoms with Crippen LogP contribution in [0, 0.1) is 11.3 Å². The largest absolute Gasteiger partial charge is 0.381 e. The minimum atomic E-state index is 0.513. The lowest BCUT2D eigenvalue weighted by molar-refractivity contribution is 0.0628. The molecule has 0 atom stereocenters. The van der Waals surface area contributed by atoms with Crippen LogP contribution in [0.25, 0.3) is 0 Å². The standard InChI is InChI=1S/C15H31NO/c1-15(2,10-11-16-3)9-5-4-6-14-7-12-17-13-8-14/h14,16H,4-13H2,1-3H3. The van der Waals surface area contributed by atoms with Crippen molar-refractivity contribution < 1.29 is 4.74 Å². The zero-order valence-corrected chi connectivity index (χ0v) is 12.1. The first-order chi connectivity index (χ1) is 8.14. The van der Waals surface area contributed by atoms with Crippen molar-refractivity contribution in [3.63, 3.8) is 0 Å². The summed E-state index contributed by atoms with van der Waals surface area (Å²) in [4.78, 5) is 0. The van der Waals surface area contributed by atoms with Gasteiger partial charge in [0.15, 0.2) is 0 Å². The van der Waals surface area contributed by atoms with E-state index in [4.69, 9.17) is 4.74 Å². The Morgan fingerprint density at radius 3 is 2.47 bits per heavy atom. The fourth-order valence-corrected chi connectivity index (χ4v) is 2.66. The Kier molecular flexibility index (Phi) is 7.14. The molecule has 2 heteroatoms. The highest BCUT2D eigenvalue weighted by molar-refractivity contribution is 4.70. The highest BCUT2D eigenvalue weighted by atomic mass is 16.5. The third-order valence-electron chi connectivity index (χ3n) is 4.11. The van der Waals surface area contributed by atoms with Gasteiger partial charge in [0.25, 0.3) is 0 Å². The molecule has 0 unspecified atom stereocenters. The summed E-state index contributed by atoms with van der Waals surface area (Å²) >= 11 is 0. The van der Waals surface area contributed by atoms with Crippen molar-refractivity contribution in [2.45, 2.75) is 58.8 Å². The van der Waals surface area contributed by atoms with E-state index in [2.05, 4.69) is 19.2 Å². The smallest absolute Gasteiger partial charge is 0.0468 e. The maximum atomic E-state index is 5.40. The van der Waals surface area contributed by atoms with Gasteiger partial charge >= 0.3 is 0 Å². The zero-order chi connectivity index (χ0) is 12.6. The molecule has 102 valence electrons. The summed E-state index contributed by atoms with van der Waals surface area (Å²) in [7, 11) is 2.04. The average Bonchev–Trinajstić information content (AvgIpc) is 2.34. The molecule has 0 aromatic rings. The third-order valence-corrected chi connectivity index (χ3v) is 4.11. The topological polar surface area (TPSA) is 21.3 Å². The molecule has 0 aliphatic carbocycles. The van der Waals surface area contributed by atoms with E-state index in [0.717, 1.165) is 25.7 Å². The van der Waals surface area contributed by atoms with Crippen LogP contribution in [0.5, 0.6) is 0 Å². The summed E-state index contributed by atoms with van der Waals surface area (Å²) in [5.74, 6) is 0.948. The minimum absolute atomic E-state index is 0.513. The van der Waals surface area contributed by atoms with Crippen molar-refractivity contribution in [2.24, 2.45) is 11.3 Å². The molecule has 0 saturated carbocycles. The molecule has 17 heavy (non-hydrogen) atoms. The van der Waals surface area contributed by atoms with Crippen LogP contribution in [0.15, 0.2) is 0 Å². The van der Waals surface area contributed by atoms with E-state index in [9.17, 15) is 0 Å². The quantitative estimate of drug-likeness (QED) is 0.656. The van der Waals surface area contributed by atoms with Crippen molar-refractivity contribution in [1.29, 1.82) is 0 Å². The Bertz CT molecular complexity index is 185. The average molecular weight is 241 g/mol. The highest BCUT2D eigenvalue weighted by Gasteiger charge is 2.17. The molecule has 0 radical (unpaired) electrons. The zero-order valence-electron chi connectivity index (χ0n) is 12.1. The van der Waals surface area contributed by atoms with E-state index in [1.807, 2.05) is 7.05 Å². The van der Waals surface area contributed by atoms with E-state index in [-0.39, 0.29) is 0 Å². The minimum Gasteiger partial charge on any atom is -0.381 e. The summed E-state index contributed by atoms with van der Waals surface area (Å²) in [6.07, 6.45) is 9.48. The number of nitrogens with one attached hydrogen (secondary N) is 1. The Morgan fingerprint density at radius 1 is 1.12 bits per heavy atom. The first-order valence-electron chi connectivity index (χ1n) is 7.36. The van der Waals surface area contributed by atoms with Gasteiger partial charge in [-0.2, -0.15) is 0 Å². The summed E-state index contributed by atoms with van der Waals surface area (Å²) < 4.78 is 5.40. The van der Waals surface area contributed by atoms with E-state index in [0.29, 0.717) is 5.41 Å². The highest BCUT2D eigenvalue weighted by Crippen LogP contribution is 2.29. The maximum Gasteiger partial charge on any atom is 0.0468 e. The lowest BCUT2D eigenvalue weighted by Crippen LogP contribution is -2.20. The van der Waals surface area contributed by atoms with Crippen LogP contribution in [0.2, 0.25) is 0 Å². The van der Waals surface area contributed by atoms with Gasteiger partial charge in [-0.15, -0.1) is 0 Å². The van der Waals surface area contributed by atoms with Crippen LogP contribution in [-0.2, 0) is 4.74 Å². The van der Waals surface area contributed by atoms with E-state index in [1.54, 1.807) is 0 Å². The molecule has 0 bridgehead atoms. The van der Waals surface area contributed by atoms with Crippen molar-refractivity contribution in [3.05, 3.63) is 0 Å². The van der Waals surface area contributed by atoms with Crippen LogP contribution < -0.4 is 5.32 Å². The van der Waals surface area contributed by atoms with Gasteiger partial charge in [0.1, 0.15) is 0 Å². The lowest BCUT2D eigenvalue weighted by atomic mass is 9.83. The third kappa shape index (κ3) is 7.05. The predicted octanol–water partition coefficient (Wildman–Crippen LogP) is 3.61. The molecule has 1 aliphatic rings. The first kappa shape index (κ1) is 15.0. The van der Waals surface area contributed by atoms with Crippen molar-refractivity contribution >= 4 is 0 Å². The van der Waals surface area contributed by atoms with Gasteiger partial charge in [-0.3, -0.25) is 0 Å². The fraction of sp³-hybridized carbons (Fsp3) is 1.00. The normalized spacial score (nSPS) is 18.5.